The van der Waals surface area contributed by atoms with Gasteiger partial charge in [-0.25, -0.2) is 4.79 Å². The second kappa shape index (κ2) is 6.60. The first-order valence-corrected chi connectivity index (χ1v) is 7.22. The van der Waals surface area contributed by atoms with Crippen molar-refractivity contribution >= 4 is 6.03 Å². The molecule has 2 amide bonds. The maximum absolute atomic E-state index is 12.2. The van der Waals surface area contributed by atoms with E-state index in [2.05, 4.69) is 12.2 Å². The summed E-state index contributed by atoms with van der Waals surface area (Å²) in [6, 6.07) is 10.5. The van der Waals surface area contributed by atoms with Crippen molar-refractivity contribution in [2.45, 2.75) is 45.2 Å². The van der Waals surface area contributed by atoms with Gasteiger partial charge >= 0.3 is 6.03 Å². The normalized spacial score (nSPS) is 22.8. The first-order chi connectivity index (χ1) is 9.16. The number of hydrogen-bond donors (Lipinski definition) is 1. The monoisotopic (exact) mass is 260 g/mol. The highest BCUT2D eigenvalue weighted by Crippen LogP contribution is 2.23. The van der Waals surface area contributed by atoms with Crippen molar-refractivity contribution in [3.05, 3.63) is 35.9 Å². The fraction of sp³-hybridized carbons (Fsp3) is 0.562. The third-order valence-corrected chi connectivity index (χ3v) is 4.03. The number of benzene rings is 1. The van der Waals surface area contributed by atoms with E-state index in [9.17, 15) is 4.79 Å². The van der Waals surface area contributed by atoms with Gasteiger partial charge in [0.05, 0.1) is 0 Å². The number of carbonyl (C=O) groups is 1. The minimum absolute atomic E-state index is 0.0441. The molecule has 0 radical (unpaired) electrons. The molecule has 104 valence electrons. The number of nitrogens with one attached hydrogen (secondary N) is 1. The lowest BCUT2D eigenvalue weighted by molar-refractivity contribution is 0.190. The smallest absolute Gasteiger partial charge is 0.317 e. The molecule has 0 bridgehead atoms. The third kappa shape index (κ3) is 3.98. The lowest BCUT2D eigenvalue weighted by Crippen LogP contribution is -2.46. The van der Waals surface area contributed by atoms with E-state index in [1.807, 2.05) is 37.4 Å². The van der Waals surface area contributed by atoms with Crippen LogP contribution in [0, 0.1) is 5.92 Å². The van der Waals surface area contributed by atoms with Crippen LogP contribution in [-0.4, -0.2) is 24.0 Å². The van der Waals surface area contributed by atoms with E-state index in [-0.39, 0.29) is 6.03 Å². The van der Waals surface area contributed by atoms with Crippen LogP contribution in [-0.2, 0) is 6.54 Å². The fourth-order valence-corrected chi connectivity index (χ4v) is 2.73. The van der Waals surface area contributed by atoms with E-state index < -0.39 is 0 Å². The average molecular weight is 260 g/mol. The molecule has 1 aliphatic rings. The summed E-state index contributed by atoms with van der Waals surface area (Å²) in [6.45, 7) is 2.90. The molecule has 3 heteroatoms. The van der Waals surface area contributed by atoms with Crippen LogP contribution in [0.4, 0.5) is 4.79 Å². The molecule has 19 heavy (non-hydrogen) atoms. The maximum atomic E-state index is 12.2. The van der Waals surface area contributed by atoms with Crippen molar-refractivity contribution in [1.29, 1.82) is 0 Å². The van der Waals surface area contributed by atoms with Gasteiger partial charge in [0.25, 0.3) is 0 Å². The Balaban J connectivity index is 1.85. The van der Waals surface area contributed by atoms with Crippen LogP contribution in [0.5, 0.6) is 0 Å². The minimum Gasteiger partial charge on any atom is -0.335 e. The summed E-state index contributed by atoms with van der Waals surface area (Å²) in [6.07, 6.45) is 4.88. The molecule has 0 spiro atoms. The lowest BCUT2D eigenvalue weighted by atomic mass is 9.86. The largest absolute Gasteiger partial charge is 0.335 e. The molecule has 2 rings (SSSR count). The van der Waals surface area contributed by atoms with Gasteiger partial charge in [0.2, 0.25) is 0 Å². The third-order valence-electron chi connectivity index (χ3n) is 4.03. The Morgan fingerprint density at radius 3 is 2.63 bits per heavy atom. The SMILES string of the molecule is C[C@H]1CCCC[C@@H]1NC(=O)N(C)Cc1ccccc1. The molecule has 1 aromatic rings. The summed E-state index contributed by atoms with van der Waals surface area (Å²) in [4.78, 5) is 13.9. The van der Waals surface area contributed by atoms with Crippen LogP contribution in [0.2, 0.25) is 0 Å². The molecule has 1 aromatic carbocycles. The Bertz CT molecular complexity index is 404. The second-order valence-corrected chi connectivity index (χ2v) is 5.66. The fourth-order valence-electron chi connectivity index (χ4n) is 2.73. The molecule has 2 atom stereocenters. The maximum Gasteiger partial charge on any atom is 0.317 e. The Labute approximate surface area is 116 Å². The number of rotatable bonds is 3. The minimum atomic E-state index is 0.0441. The Kier molecular flexibility index (Phi) is 4.83. The molecule has 0 aliphatic heterocycles. The van der Waals surface area contributed by atoms with Gasteiger partial charge in [0.1, 0.15) is 0 Å². The molecule has 1 N–H and O–H groups in total. The zero-order valence-electron chi connectivity index (χ0n) is 11.9. The van der Waals surface area contributed by atoms with Crippen molar-refractivity contribution in [2.24, 2.45) is 5.92 Å². The topological polar surface area (TPSA) is 32.3 Å². The molecule has 1 saturated carbocycles. The van der Waals surface area contributed by atoms with Gasteiger partial charge in [0, 0.05) is 19.6 Å². The van der Waals surface area contributed by atoms with Crippen LogP contribution in [0.15, 0.2) is 30.3 Å². The molecule has 0 aromatic heterocycles. The molecule has 0 unspecified atom stereocenters. The number of hydrogen-bond acceptors (Lipinski definition) is 1. The summed E-state index contributed by atoms with van der Waals surface area (Å²) in [7, 11) is 1.86. The van der Waals surface area contributed by atoms with Crippen molar-refractivity contribution in [2.75, 3.05) is 7.05 Å². The van der Waals surface area contributed by atoms with E-state index in [0.29, 0.717) is 18.5 Å². The lowest BCUT2D eigenvalue weighted by Gasteiger charge is -2.31. The van der Waals surface area contributed by atoms with Crippen LogP contribution >= 0.6 is 0 Å². The number of carbonyl (C=O) groups excluding carboxylic acids is 1. The summed E-state index contributed by atoms with van der Waals surface area (Å²) in [5.74, 6) is 0.600. The first-order valence-electron chi connectivity index (χ1n) is 7.22. The van der Waals surface area contributed by atoms with E-state index in [1.165, 1.54) is 19.3 Å². The van der Waals surface area contributed by atoms with Crippen molar-refractivity contribution in [3.63, 3.8) is 0 Å². The summed E-state index contributed by atoms with van der Waals surface area (Å²) in [5, 5.41) is 3.18. The highest BCUT2D eigenvalue weighted by atomic mass is 16.2. The summed E-state index contributed by atoms with van der Waals surface area (Å²) in [5.41, 5.74) is 1.16. The van der Waals surface area contributed by atoms with Crippen LogP contribution in [0.1, 0.15) is 38.2 Å². The zero-order valence-corrected chi connectivity index (χ0v) is 11.9. The van der Waals surface area contributed by atoms with Gasteiger partial charge in [-0.1, -0.05) is 50.1 Å². The van der Waals surface area contributed by atoms with Gasteiger partial charge in [-0.3, -0.25) is 0 Å². The van der Waals surface area contributed by atoms with Gasteiger partial charge in [-0.15, -0.1) is 0 Å². The Morgan fingerprint density at radius 1 is 1.26 bits per heavy atom. The first kappa shape index (κ1) is 13.9. The van der Waals surface area contributed by atoms with Crippen molar-refractivity contribution < 1.29 is 4.79 Å². The van der Waals surface area contributed by atoms with Gasteiger partial charge in [0.15, 0.2) is 0 Å². The molecule has 3 nitrogen and oxygen atoms in total. The molecule has 1 fully saturated rings. The molecular formula is C16H24N2O. The number of urea groups is 1. The van der Waals surface area contributed by atoms with Gasteiger partial charge in [-0.05, 0) is 24.3 Å². The molecular weight excluding hydrogens is 236 g/mol. The summed E-state index contributed by atoms with van der Waals surface area (Å²) >= 11 is 0. The van der Waals surface area contributed by atoms with E-state index >= 15 is 0 Å². The molecule has 0 saturated heterocycles. The van der Waals surface area contributed by atoms with Crippen LogP contribution in [0.3, 0.4) is 0 Å². The quantitative estimate of drug-likeness (QED) is 0.887. The molecule has 1 aliphatic carbocycles. The van der Waals surface area contributed by atoms with Crippen molar-refractivity contribution in [3.8, 4) is 0 Å². The molecule has 0 heterocycles. The highest BCUT2D eigenvalue weighted by molar-refractivity contribution is 5.74. The van der Waals surface area contributed by atoms with Gasteiger partial charge in [-0.2, -0.15) is 0 Å². The standard InChI is InChI=1S/C16H24N2O/c1-13-8-6-7-11-15(13)17-16(19)18(2)12-14-9-4-3-5-10-14/h3-5,9-10,13,15H,6-8,11-12H2,1-2H3,(H,17,19)/t13-,15-/m0/s1. The zero-order chi connectivity index (χ0) is 13.7. The number of amides is 2. The highest BCUT2D eigenvalue weighted by Gasteiger charge is 2.23. The second-order valence-electron chi connectivity index (χ2n) is 5.66. The van der Waals surface area contributed by atoms with Crippen LogP contribution in [0.25, 0.3) is 0 Å². The van der Waals surface area contributed by atoms with E-state index in [0.717, 1.165) is 12.0 Å². The van der Waals surface area contributed by atoms with Gasteiger partial charge < -0.3 is 10.2 Å². The van der Waals surface area contributed by atoms with E-state index in [1.54, 1.807) is 4.90 Å². The Hall–Kier alpha value is -1.51. The predicted octanol–water partition coefficient (Wildman–Crippen LogP) is 3.41. The van der Waals surface area contributed by atoms with Crippen molar-refractivity contribution in [1.82, 2.24) is 10.2 Å². The van der Waals surface area contributed by atoms with Crippen LogP contribution < -0.4 is 5.32 Å². The predicted molar refractivity (Wildman–Crippen MR) is 77.9 cm³/mol. The Morgan fingerprint density at radius 2 is 1.95 bits per heavy atom. The average Bonchev–Trinajstić information content (AvgIpc) is 2.42. The summed E-state index contributed by atoms with van der Waals surface area (Å²) < 4.78 is 0. The number of nitrogens with zero attached hydrogens (tertiary/aromatic N) is 1. The van der Waals surface area contributed by atoms with E-state index in [4.69, 9.17) is 0 Å².